The van der Waals surface area contributed by atoms with Gasteiger partial charge in [-0.2, -0.15) is 0 Å². The van der Waals surface area contributed by atoms with Crippen LogP contribution in [0, 0.1) is 0 Å². The quantitative estimate of drug-likeness (QED) is 0.859. The molecule has 0 amide bonds. The number of benzene rings is 1. The number of aliphatic hydroxyl groups excluding tert-OH is 1. The molecule has 2 rings (SSSR count). The van der Waals surface area contributed by atoms with Crippen LogP contribution in [0.5, 0.6) is 0 Å². The van der Waals surface area contributed by atoms with Gasteiger partial charge in [-0.1, -0.05) is 12.1 Å². The Hall–Kier alpha value is -0.730. The Morgan fingerprint density at radius 3 is 2.74 bits per heavy atom. The normalized spacial score (nSPS) is 11.7. The minimum absolute atomic E-state index is 0.159. The molecule has 102 valence electrons. The second kappa shape index (κ2) is 6.15. The van der Waals surface area contributed by atoms with Crippen molar-refractivity contribution >= 4 is 37.3 Å². The fraction of sp³-hybridized carbons (Fsp3) is 0.167. The van der Waals surface area contributed by atoms with Crippen LogP contribution in [-0.2, 0) is 23.2 Å². The number of thiophene rings is 1. The van der Waals surface area contributed by atoms with Crippen LogP contribution in [0.25, 0.3) is 0 Å². The van der Waals surface area contributed by atoms with Crippen LogP contribution in [0.15, 0.2) is 45.1 Å². The van der Waals surface area contributed by atoms with Crippen molar-refractivity contribution in [2.75, 3.05) is 0 Å². The maximum absolute atomic E-state index is 12.1. The molecular weight excluding hydrogens is 350 g/mol. The van der Waals surface area contributed by atoms with Crippen molar-refractivity contribution in [3.05, 3.63) is 50.6 Å². The monoisotopic (exact) mass is 361 g/mol. The summed E-state index contributed by atoms with van der Waals surface area (Å²) in [6.45, 7) is 0.0593. The number of nitrogens with one attached hydrogen (secondary N) is 1. The molecule has 0 aliphatic carbocycles. The van der Waals surface area contributed by atoms with Crippen LogP contribution >= 0.6 is 27.3 Å². The number of sulfonamides is 1. The number of halogens is 1. The zero-order valence-corrected chi connectivity index (χ0v) is 13.1. The van der Waals surface area contributed by atoms with Gasteiger partial charge in [0.1, 0.15) is 0 Å². The molecule has 4 nitrogen and oxygen atoms in total. The lowest BCUT2D eigenvalue weighted by molar-refractivity contribution is 0.281. The van der Waals surface area contributed by atoms with Crippen LogP contribution in [0.2, 0.25) is 0 Å². The largest absolute Gasteiger partial charge is 0.392 e. The van der Waals surface area contributed by atoms with E-state index in [-0.39, 0.29) is 18.0 Å². The third kappa shape index (κ3) is 3.64. The van der Waals surface area contributed by atoms with E-state index in [1.807, 2.05) is 11.4 Å². The maximum atomic E-state index is 12.1. The molecule has 0 fully saturated rings. The summed E-state index contributed by atoms with van der Waals surface area (Å²) in [6.07, 6.45) is 0. The Kier molecular flexibility index (Phi) is 4.75. The molecule has 1 heterocycles. The van der Waals surface area contributed by atoms with Gasteiger partial charge in [-0.25, -0.2) is 13.1 Å². The fourth-order valence-corrected chi connectivity index (χ4v) is 4.09. The Morgan fingerprint density at radius 2 is 2.11 bits per heavy atom. The lowest BCUT2D eigenvalue weighted by Gasteiger charge is -2.07. The third-order valence-corrected chi connectivity index (χ3v) is 5.83. The van der Waals surface area contributed by atoms with Gasteiger partial charge in [-0.3, -0.25) is 0 Å². The summed E-state index contributed by atoms with van der Waals surface area (Å²) in [6, 6.07) is 8.13. The van der Waals surface area contributed by atoms with E-state index in [0.29, 0.717) is 5.56 Å². The molecule has 0 saturated carbocycles. The van der Waals surface area contributed by atoms with Crippen molar-refractivity contribution in [3.63, 3.8) is 0 Å². The second-order valence-corrected chi connectivity index (χ2v) is 7.44. The summed E-state index contributed by atoms with van der Waals surface area (Å²) >= 11 is 4.83. The number of hydrogen-bond acceptors (Lipinski definition) is 4. The van der Waals surface area contributed by atoms with Gasteiger partial charge in [-0.15, -0.1) is 11.3 Å². The van der Waals surface area contributed by atoms with E-state index >= 15 is 0 Å². The molecule has 2 N–H and O–H groups in total. The van der Waals surface area contributed by atoms with E-state index in [0.717, 1.165) is 9.35 Å². The van der Waals surface area contributed by atoms with Crippen molar-refractivity contribution in [3.8, 4) is 0 Å². The zero-order chi connectivity index (χ0) is 13.9. The maximum Gasteiger partial charge on any atom is 0.240 e. The van der Waals surface area contributed by atoms with E-state index in [2.05, 4.69) is 20.7 Å². The minimum atomic E-state index is -3.56. The highest BCUT2D eigenvalue weighted by Crippen LogP contribution is 2.23. The molecule has 7 heteroatoms. The predicted molar refractivity (Wildman–Crippen MR) is 78.4 cm³/mol. The summed E-state index contributed by atoms with van der Waals surface area (Å²) in [5, 5.41) is 10.9. The van der Waals surface area contributed by atoms with Crippen molar-refractivity contribution in [2.24, 2.45) is 0 Å². The zero-order valence-electron chi connectivity index (χ0n) is 9.84. The molecule has 0 saturated heterocycles. The number of rotatable bonds is 5. The van der Waals surface area contributed by atoms with Gasteiger partial charge in [0.25, 0.3) is 0 Å². The molecule has 0 aliphatic heterocycles. The second-order valence-electron chi connectivity index (χ2n) is 3.82. The van der Waals surface area contributed by atoms with Crippen molar-refractivity contribution in [1.29, 1.82) is 0 Å². The molecule has 19 heavy (non-hydrogen) atoms. The standard InChI is InChI=1S/C12H12BrNO3S2/c13-11-4-5-18-12(11)7-14-19(16,17)10-3-1-2-9(6-10)8-15/h1-6,14-15H,7-8H2. The van der Waals surface area contributed by atoms with Crippen molar-refractivity contribution in [2.45, 2.75) is 18.0 Å². The molecule has 0 spiro atoms. The lowest BCUT2D eigenvalue weighted by Crippen LogP contribution is -2.23. The third-order valence-electron chi connectivity index (χ3n) is 2.51. The molecule has 2 aromatic rings. The van der Waals surface area contributed by atoms with Gasteiger partial charge in [0, 0.05) is 15.9 Å². The number of hydrogen-bond donors (Lipinski definition) is 2. The molecule has 0 unspecified atom stereocenters. The van der Waals surface area contributed by atoms with Crippen LogP contribution in [0.4, 0.5) is 0 Å². The van der Waals surface area contributed by atoms with Crippen LogP contribution in [0.1, 0.15) is 10.4 Å². The Morgan fingerprint density at radius 1 is 1.32 bits per heavy atom. The summed E-state index contributed by atoms with van der Waals surface area (Å²) in [5.74, 6) is 0. The summed E-state index contributed by atoms with van der Waals surface area (Å²) in [5.41, 5.74) is 0.570. The Bertz CT molecular complexity index is 667. The minimum Gasteiger partial charge on any atom is -0.392 e. The van der Waals surface area contributed by atoms with Gasteiger partial charge < -0.3 is 5.11 Å². The Labute approximate surface area is 124 Å². The molecular formula is C12H12BrNO3S2. The molecule has 1 aromatic heterocycles. The van der Waals surface area contributed by atoms with E-state index in [9.17, 15) is 8.42 Å². The van der Waals surface area contributed by atoms with Crippen molar-refractivity contribution < 1.29 is 13.5 Å². The fourth-order valence-electron chi connectivity index (χ4n) is 1.51. The molecule has 0 atom stereocenters. The first-order valence-electron chi connectivity index (χ1n) is 5.44. The first-order valence-corrected chi connectivity index (χ1v) is 8.60. The lowest BCUT2D eigenvalue weighted by atomic mass is 10.2. The van der Waals surface area contributed by atoms with E-state index < -0.39 is 10.0 Å². The summed E-state index contributed by atoms with van der Waals surface area (Å²) in [7, 11) is -3.56. The van der Waals surface area contributed by atoms with Crippen LogP contribution in [0.3, 0.4) is 0 Å². The summed E-state index contributed by atoms with van der Waals surface area (Å²) < 4.78 is 27.6. The van der Waals surface area contributed by atoms with E-state index in [1.165, 1.54) is 23.5 Å². The SMILES string of the molecule is O=S(=O)(NCc1sccc1Br)c1cccc(CO)c1. The molecule has 0 bridgehead atoms. The molecule has 1 aromatic carbocycles. The average molecular weight is 362 g/mol. The first kappa shape index (κ1) is 14.7. The van der Waals surface area contributed by atoms with Gasteiger partial charge in [0.05, 0.1) is 11.5 Å². The molecule has 0 radical (unpaired) electrons. The highest BCUT2D eigenvalue weighted by Gasteiger charge is 2.15. The van der Waals surface area contributed by atoms with Crippen LogP contribution in [-0.4, -0.2) is 13.5 Å². The van der Waals surface area contributed by atoms with Gasteiger partial charge >= 0.3 is 0 Å². The molecule has 0 aliphatic rings. The smallest absolute Gasteiger partial charge is 0.240 e. The van der Waals surface area contributed by atoms with Crippen molar-refractivity contribution in [1.82, 2.24) is 4.72 Å². The predicted octanol–water partition coefficient (Wildman–Crippen LogP) is 2.48. The first-order chi connectivity index (χ1) is 9.03. The van der Waals surface area contributed by atoms with Gasteiger partial charge in [-0.05, 0) is 45.1 Å². The van der Waals surface area contributed by atoms with Gasteiger partial charge in [0.15, 0.2) is 0 Å². The summed E-state index contributed by atoms with van der Waals surface area (Å²) in [4.78, 5) is 1.08. The van der Waals surface area contributed by atoms with Crippen LogP contribution < -0.4 is 4.72 Å². The Balaban J connectivity index is 2.16. The van der Waals surface area contributed by atoms with Gasteiger partial charge in [0.2, 0.25) is 10.0 Å². The topological polar surface area (TPSA) is 66.4 Å². The highest BCUT2D eigenvalue weighted by molar-refractivity contribution is 9.10. The highest BCUT2D eigenvalue weighted by atomic mass is 79.9. The van der Waals surface area contributed by atoms with E-state index in [1.54, 1.807) is 12.1 Å². The number of aliphatic hydroxyl groups is 1. The average Bonchev–Trinajstić information content (AvgIpc) is 2.82. The van der Waals surface area contributed by atoms with E-state index in [4.69, 9.17) is 5.11 Å².